The van der Waals surface area contributed by atoms with Gasteiger partial charge >= 0.3 is 6.61 Å². The second-order valence-electron chi connectivity index (χ2n) is 2.83. The molecule has 0 saturated carbocycles. The summed E-state index contributed by atoms with van der Waals surface area (Å²) in [7, 11) is 0. The largest absolute Gasteiger partial charge is 0.345 e. The number of ether oxygens (including phenoxy) is 1. The summed E-state index contributed by atoms with van der Waals surface area (Å²) in [6, 6.07) is 0. The highest BCUT2D eigenvalue weighted by Gasteiger charge is 2.24. The topological polar surface area (TPSA) is 12.5 Å². The van der Waals surface area contributed by atoms with Gasteiger partial charge in [0.25, 0.3) is 0 Å². The quantitative estimate of drug-likeness (QED) is 0.680. The van der Waals surface area contributed by atoms with Crippen molar-refractivity contribution in [1.29, 1.82) is 0 Å². The molecule has 0 bridgehead atoms. The van der Waals surface area contributed by atoms with Gasteiger partial charge in [-0.05, 0) is 6.42 Å². The van der Waals surface area contributed by atoms with Crippen LogP contribution in [0.25, 0.3) is 0 Å². The molecule has 0 N–H and O–H groups in total. The van der Waals surface area contributed by atoms with Crippen LogP contribution in [-0.4, -0.2) is 43.0 Å². The minimum absolute atomic E-state index is 0.287. The van der Waals surface area contributed by atoms with Crippen LogP contribution in [0.5, 0.6) is 0 Å². The maximum atomic E-state index is 11.7. The fourth-order valence-electron chi connectivity index (χ4n) is 1.40. The molecule has 72 valence electrons. The van der Waals surface area contributed by atoms with Crippen LogP contribution in [0.2, 0.25) is 0 Å². The van der Waals surface area contributed by atoms with E-state index in [-0.39, 0.29) is 6.10 Å². The van der Waals surface area contributed by atoms with Gasteiger partial charge in [-0.1, -0.05) is 0 Å². The van der Waals surface area contributed by atoms with Crippen LogP contribution in [0.4, 0.5) is 8.78 Å². The van der Waals surface area contributed by atoms with E-state index in [1.54, 1.807) is 0 Å². The van der Waals surface area contributed by atoms with Crippen molar-refractivity contribution in [1.82, 2.24) is 4.90 Å². The number of alkyl halides is 2. The van der Waals surface area contributed by atoms with Gasteiger partial charge in [0.15, 0.2) is 0 Å². The first kappa shape index (κ1) is 10.2. The zero-order valence-electron chi connectivity index (χ0n) is 6.75. The molecule has 0 amide bonds. The zero-order valence-corrected chi connectivity index (χ0v) is 7.64. The molecule has 0 aliphatic carbocycles. The van der Waals surface area contributed by atoms with Gasteiger partial charge in [-0.25, -0.2) is 0 Å². The number of hydrogen-bond acceptors (Lipinski definition) is 3. The smallest absolute Gasteiger partial charge is 0.318 e. The van der Waals surface area contributed by atoms with Gasteiger partial charge < -0.3 is 4.74 Å². The summed E-state index contributed by atoms with van der Waals surface area (Å²) in [4.78, 5) is 2.08. The molecule has 5 heteroatoms. The Hall–Kier alpha value is 0.130. The molecule has 1 heterocycles. The van der Waals surface area contributed by atoms with Crippen molar-refractivity contribution in [2.24, 2.45) is 0 Å². The highest BCUT2D eigenvalue weighted by molar-refractivity contribution is 7.80. The van der Waals surface area contributed by atoms with Gasteiger partial charge in [-0.2, -0.15) is 21.4 Å². The summed E-state index contributed by atoms with van der Waals surface area (Å²) in [5.74, 6) is 0.765. The van der Waals surface area contributed by atoms with Crippen LogP contribution in [0.1, 0.15) is 6.42 Å². The molecule has 0 aromatic carbocycles. The molecule has 12 heavy (non-hydrogen) atoms. The van der Waals surface area contributed by atoms with Crippen molar-refractivity contribution in [3.63, 3.8) is 0 Å². The highest BCUT2D eigenvalue weighted by Crippen LogP contribution is 2.14. The van der Waals surface area contributed by atoms with E-state index >= 15 is 0 Å². The van der Waals surface area contributed by atoms with Crippen LogP contribution >= 0.6 is 12.6 Å². The Bertz CT molecular complexity index is 137. The van der Waals surface area contributed by atoms with Gasteiger partial charge in [-0.3, -0.25) is 4.90 Å². The van der Waals surface area contributed by atoms with E-state index in [1.807, 2.05) is 0 Å². The number of nitrogens with zero attached hydrogens (tertiary/aromatic N) is 1. The first-order valence-electron chi connectivity index (χ1n) is 3.99. The fraction of sp³-hybridized carbons (Fsp3) is 1.00. The molecule has 0 radical (unpaired) electrons. The van der Waals surface area contributed by atoms with Crippen LogP contribution in [0.3, 0.4) is 0 Å². The first-order valence-corrected chi connectivity index (χ1v) is 4.62. The average Bonchev–Trinajstić information content (AvgIpc) is 2.36. The molecule has 1 saturated heterocycles. The fourth-order valence-corrected chi connectivity index (χ4v) is 1.68. The molecule has 0 aromatic rings. The summed E-state index contributed by atoms with van der Waals surface area (Å²) in [6.45, 7) is -0.319. The van der Waals surface area contributed by atoms with E-state index in [4.69, 9.17) is 0 Å². The van der Waals surface area contributed by atoms with E-state index in [2.05, 4.69) is 22.3 Å². The van der Waals surface area contributed by atoms with E-state index in [0.717, 1.165) is 18.8 Å². The van der Waals surface area contributed by atoms with Crippen molar-refractivity contribution >= 4 is 12.6 Å². The molecule has 1 atom stereocenters. The number of likely N-dealkylation sites (tertiary alicyclic amines) is 1. The molecular weight excluding hydrogens is 184 g/mol. The lowest BCUT2D eigenvalue weighted by Crippen LogP contribution is -2.26. The van der Waals surface area contributed by atoms with E-state index in [9.17, 15) is 8.78 Å². The maximum absolute atomic E-state index is 11.7. The molecule has 1 rings (SSSR count). The molecule has 1 unspecified atom stereocenters. The Kier molecular flexibility index (Phi) is 4.25. The molecule has 0 aromatic heterocycles. The van der Waals surface area contributed by atoms with Crippen molar-refractivity contribution < 1.29 is 13.5 Å². The van der Waals surface area contributed by atoms with Gasteiger partial charge in [0.05, 0.1) is 6.10 Å². The van der Waals surface area contributed by atoms with Crippen molar-refractivity contribution in [2.75, 3.05) is 25.4 Å². The second-order valence-corrected chi connectivity index (χ2v) is 3.28. The van der Waals surface area contributed by atoms with Gasteiger partial charge in [0.2, 0.25) is 0 Å². The predicted octanol–water partition coefficient (Wildman–Crippen LogP) is 1.23. The number of hydrogen-bond donors (Lipinski definition) is 1. The molecule has 1 aliphatic rings. The number of thiol groups is 1. The normalized spacial score (nSPS) is 25.5. The molecule has 2 nitrogen and oxygen atoms in total. The Morgan fingerprint density at radius 3 is 2.92 bits per heavy atom. The van der Waals surface area contributed by atoms with Crippen LogP contribution in [-0.2, 0) is 4.74 Å². The van der Waals surface area contributed by atoms with Crippen LogP contribution in [0, 0.1) is 0 Å². The monoisotopic (exact) mass is 197 g/mol. The Balaban J connectivity index is 2.16. The molecule has 0 spiro atoms. The van der Waals surface area contributed by atoms with E-state index in [1.165, 1.54) is 0 Å². The summed E-state index contributed by atoms with van der Waals surface area (Å²) >= 11 is 4.06. The minimum Gasteiger partial charge on any atom is -0.318 e. The minimum atomic E-state index is -2.63. The van der Waals surface area contributed by atoms with Crippen molar-refractivity contribution in [3.8, 4) is 0 Å². The molecule has 1 aliphatic heterocycles. The third-order valence-electron chi connectivity index (χ3n) is 1.94. The second kappa shape index (κ2) is 4.99. The van der Waals surface area contributed by atoms with E-state index in [0.29, 0.717) is 13.0 Å². The Morgan fingerprint density at radius 2 is 2.33 bits per heavy atom. The first-order chi connectivity index (χ1) is 5.72. The highest BCUT2D eigenvalue weighted by atomic mass is 32.1. The number of rotatable bonds is 4. The lowest BCUT2D eigenvalue weighted by atomic mass is 10.3. The zero-order chi connectivity index (χ0) is 8.97. The summed E-state index contributed by atoms with van der Waals surface area (Å²) in [5.41, 5.74) is 0. The lowest BCUT2D eigenvalue weighted by Gasteiger charge is -2.14. The predicted molar refractivity (Wildman–Crippen MR) is 45.8 cm³/mol. The van der Waals surface area contributed by atoms with Crippen LogP contribution in [0.15, 0.2) is 0 Å². The Labute approximate surface area is 76.3 Å². The summed E-state index contributed by atoms with van der Waals surface area (Å²) < 4.78 is 27.9. The van der Waals surface area contributed by atoms with Crippen molar-refractivity contribution in [2.45, 2.75) is 19.1 Å². The summed E-state index contributed by atoms with van der Waals surface area (Å²) in [6.07, 6.45) is 0.419. The van der Waals surface area contributed by atoms with Crippen molar-refractivity contribution in [3.05, 3.63) is 0 Å². The Morgan fingerprint density at radius 1 is 1.58 bits per heavy atom. The van der Waals surface area contributed by atoms with Gasteiger partial charge in [-0.15, -0.1) is 0 Å². The standard InChI is InChI=1S/C7H13F2NOS/c8-7(9)11-6-1-2-10(5-6)3-4-12/h6-7,12H,1-5H2. The van der Waals surface area contributed by atoms with Gasteiger partial charge in [0.1, 0.15) is 0 Å². The maximum Gasteiger partial charge on any atom is 0.345 e. The van der Waals surface area contributed by atoms with E-state index < -0.39 is 6.61 Å². The third kappa shape index (κ3) is 3.25. The number of halogens is 2. The third-order valence-corrected chi connectivity index (χ3v) is 2.14. The SMILES string of the molecule is FC(F)OC1CCN(CCS)C1. The molecular formula is C7H13F2NOS. The van der Waals surface area contributed by atoms with Crippen LogP contribution < -0.4 is 0 Å². The summed E-state index contributed by atoms with van der Waals surface area (Å²) in [5, 5.41) is 0. The average molecular weight is 197 g/mol. The molecule has 1 fully saturated rings. The van der Waals surface area contributed by atoms with Gasteiger partial charge in [0, 0.05) is 25.4 Å². The lowest BCUT2D eigenvalue weighted by molar-refractivity contribution is -0.158.